The van der Waals surface area contributed by atoms with Gasteiger partial charge >= 0.3 is 0 Å². The van der Waals surface area contributed by atoms with Gasteiger partial charge in [-0.3, -0.25) is 0 Å². The van der Waals surface area contributed by atoms with Gasteiger partial charge in [0.1, 0.15) is 10.7 Å². The maximum atomic E-state index is 8.79. The second-order valence-electron chi connectivity index (χ2n) is 2.40. The Bertz CT molecular complexity index is 430. The summed E-state index contributed by atoms with van der Waals surface area (Å²) in [5.41, 5.74) is 0.603. The van der Waals surface area contributed by atoms with E-state index in [0.29, 0.717) is 20.9 Å². The molecule has 2 aromatic heterocycles. The largest absolute Gasteiger partial charge is 0.389 e. The fourth-order valence-electron chi connectivity index (χ4n) is 0.851. The molecule has 7 heteroatoms. The normalized spacial score (nSPS) is 10.4. The van der Waals surface area contributed by atoms with E-state index < -0.39 is 0 Å². The van der Waals surface area contributed by atoms with Crippen LogP contribution in [-0.2, 0) is 6.61 Å². The van der Waals surface area contributed by atoms with Crippen LogP contribution in [0.1, 0.15) is 5.01 Å². The smallest absolute Gasteiger partial charge is 0.168 e. The fourth-order valence-corrected chi connectivity index (χ4v) is 1.62. The van der Waals surface area contributed by atoms with E-state index in [1.165, 1.54) is 11.3 Å². The Kier molecular flexibility index (Phi) is 2.67. The molecule has 0 saturated carbocycles. The zero-order chi connectivity index (χ0) is 9.97. The van der Waals surface area contributed by atoms with E-state index >= 15 is 0 Å². The minimum Gasteiger partial charge on any atom is -0.389 e. The second-order valence-corrected chi connectivity index (χ2v) is 3.85. The Hall–Kier alpha value is -1.11. The molecule has 0 spiro atoms. The van der Waals surface area contributed by atoms with E-state index in [0.717, 1.165) is 0 Å². The fraction of sp³-hybridized carbons (Fsp3) is 0.143. The summed E-state index contributed by atoms with van der Waals surface area (Å²) in [5.74, 6) is 0. The lowest BCUT2D eigenvalue weighted by molar-refractivity contribution is 0.280. The lowest BCUT2D eigenvalue weighted by Crippen LogP contribution is -1.86. The summed E-state index contributed by atoms with van der Waals surface area (Å²) in [5, 5.41) is 25.4. The highest BCUT2D eigenvalue weighted by atomic mass is 35.5. The first-order valence-corrected chi connectivity index (χ1v) is 4.92. The Morgan fingerprint density at radius 2 is 2.07 bits per heavy atom. The molecule has 2 aromatic rings. The predicted molar refractivity (Wildman–Crippen MR) is 51.9 cm³/mol. The van der Waals surface area contributed by atoms with Gasteiger partial charge in [-0.1, -0.05) is 22.9 Å². The number of aliphatic hydroxyl groups excluding tert-OH is 1. The lowest BCUT2D eigenvalue weighted by atomic mass is 10.4. The summed E-state index contributed by atoms with van der Waals surface area (Å²) in [6, 6.07) is 3.33. The van der Waals surface area contributed by atoms with Gasteiger partial charge in [-0.15, -0.1) is 20.4 Å². The molecule has 0 radical (unpaired) electrons. The van der Waals surface area contributed by atoms with Gasteiger partial charge in [0.15, 0.2) is 10.2 Å². The van der Waals surface area contributed by atoms with Gasteiger partial charge in [0.25, 0.3) is 0 Å². The third kappa shape index (κ3) is 1.87. The van der Waals surface area contributed by atoms with Gasteiger partial charge in [-0.2, -0.15) is 0 Å². The molecule has 0 aromatic carbocycles. The first-order valence-electron chi connectivity index (χ1n) is 3.72. The summed E-state index contributed by atoms with van der Waals surface area (Å²) in [6.45, 7) is -0.112. The highest BCUT2D eigenvalue weighted by molar-refractivity contribution is 7.14. The van der Waals surface area contributed by atoms with Crippen LogP contribution in [0.2, 0.25) is 5.15 Å². The molecule has 0 atom stereocenters. The van der Waals surface area contributed by atoms with Crippen molar-refractivity contribution in [1.82, 2.24) is 20.4 Å². The molecular formula is C7H5ClN4OS. The SMILES string of the molecule is OCc1nnc(-c2ccc(Cl)nn2)s1. The van der Waals surface area contributed by atoms with Crippen molar-refractivity contribution >= 4 is 22.9 Å². The summed E-state index contributed by atoms with van der Waals surface area (Å²) in [6.07, 6.45) is 0. The molecule has 0 aliphatic carbocycles. The van der Waals surface area contributed by atoms with Crippen LogP contribution in [0, 0.1) is 0 Å². The Balaban J connectivity index is 2.34. The van der Waals surface area contributed by atoms with Crippen molar-refractivity contribution in [2.24, 2.45) is 0 Å². The quantitative estimate of drug-likeness (QED) is 0.835. The van der Waals surface area contributed by atoms with E-state index in [-0.39, 0.29) is 6.61 Å². The van der Waals surface area contributed by atoms with Crippen LogP contribution in [0.4, 0.5) is 0 Å². The third-order valence-corrected chi connectivity index (χ3v) is 2.59. The number of aliphatic hydroxyl groups is 1. The van der Waals surface area contributed by atoms with Gasteiger partial charge in [0.05, 0.1) is 6.61 Å². The highest BCUT2D eigenvalue weighted by Gasteiger charge is 2.07. The Labute approximate surface area is 88.4 Å². The van der Waals surface area contributed by atoms with E-state index in [4.69, 9.17) is 16.7 Å². The van der Waals surface area contributed by atoms with Crippen molar-refractivity contribution in [3.63, 3.8) is 0 Å². The van der Waals surface area contributed by atoms with E-state index in [9.17, 15) is 0 Å². The first kappa shape index (κ1) is 9.45. The number of hydrogen-bond acceptors (Lipinski definition) is 6. The molecule has 0 bridgehead atoms. The summed E-state index contributed by atoms with van der Waals surface area (Å²) in [4.78, 5) is 0. The van der Waals surface area contributed by atoms with E-state index in [1.807, 2.05) is 0 Å². The molecule has 0 unspecified atom stereocenters. The summed E-state index contributed by atoms with van der Waals surface area (Å²) >= 11 is 6.86. The van der Waals surface area contributed by atoms with Crippen LogP contribution in [0.15, 0.2) is 12.1 Å². The molecular weight excluding hydrogens is 224 g/mol. The first-order chi connectivity index (χ1) is 6.79. The number of aromatic nitrogens is 4. The summed E-state index contributed by atoms with van der Waals surface area (Å²) in [7, 11) is 0. The van der Waals surface area contributed by atoms with Gasteiger partial charge in [-0.25, -0.2) is 0 Å². The lowest BCUT2D eigenvalue weighted by Gasteiger charge is -1.91. The topological polar surface area (TPSA) is 71.8 Å². The number of halogens is 1. The van der Waals surface area contributed by atoms with E-state index in [1.54, 1.807) is 12.1 Å². The number of hydrogen-bond donors (Lipinski definition) is 1. The third-order valence-electron chi connectivity index (χ3n) is 1.45. The molecule has 5 nitrogen and oxygen atoms in total. The Morgan fingerprint density at radius 1 is 1.21 bits per heavy atom. The summed E-state index contributed by atoms with van der Waals surface area (Å²) < 4.78 is 0. The predicted octanol–water partition coefficient (Wildman–Crippen LogP) is 1.14. The minimum absolute atomic E-state index is 0.112. The second kappa shape index (κ2) is 3.95. The maximum absolute atomic E-state index is 8.79. The molecule has 72 valence electrons. The van der Waals surface area contributed by atoms with Crippen molar-refractivity contribution in [2.45, 2.75) is 6.61 Å². The molecule has 2 rings (SSSR count). The molecule has 0 aliphatic rings. The van der Waals surface area contributed by atoms with Crippen molar-refractivity contribution in [2.75, 3.05) is 0 Å². The zero-order valence-corrected chi connectivity index (χ0v) is 8.46. The Morgan fingerprint density at radius 3 is 2.64 bits per heavy atom. The molecule has 0 amide bonds. The molecule has 1 N–H and O–H groups in total. The zero-order valence-electron chi connectivity index (χ0n) is 6.88. The standard InChI is InChI=1S/C7H5ClN4OS/c8-5-2-1-4(9-10-5)7-12-11-6(3-13)14-7/h1-2,13H,3H2. The van der Waals surface area contributed by atoms with Crippen LogP contribution in [-0.4, -0.2) is 25.5 Å². The molecule has 0 fully saturated rings. The molecule has 14 heavy (non-hydrogen) atoms. The van der Waals surface area contributed by atoms with Gasteiger partial charge < -0.3 is 5.11 Å². The van der Waals surface area contributed by atoms with Gasteiger partial charge in [-0.05, 0) is 12.1 Å². The molecule has 2 heterocycles. The van der Waals surface area contributed by atoms with Crippen molar-refractivity contribution < 1.29 is 5.11 Å². The van der Waals surface area contributed by atoms with Crippen molar-refractivity contribution in [1.29, 1.82) is 0 Å². The van der Waals surface area contributed by atoms with Crippen LogP contribution in [0.5, 0.6) is 0 Å². The van der Waals surface area contributed by atoms with Crippen LogP contribution < -0.4 is 0 Å². The number of rotatable bonds is 2. The van der Waals surface area contributed by atoms with Crippen LogP contribution in [0.3, 0.4) is 0 Å². The highest BCUT2D eigenvalue weighted by Crippen LogP contribution is 2.21. The van der Waals surface area contributed by atoms with Gasteiger partial charge in [0, 0.05) is 0 Å². The van der Waals surface area contributed by atoms with Crippen LogP contribution >= 0.6 is 22.9 Å². The number of nitrogens with zero attached hydrogens (tertiary/aromatic N) is 4. The van der Waals surface area contributed by atoms with Gasteiger partial charge in [0.2, 0.25) is 0 Å². The monoisotopic (exact) mass is 228 g/mol. The van der Waals surface area contributed by atoms with Crippen molar-refractivity contribution in [3.8, 4) is 10.7 Å². The van der Waals surface area contributed by atoms with Crippen molar-refractivity contribution in [3.05, 3.63) is 22.3 Å². The average Bonchev–Trinajstić information content (AvgIpc) is 2.67. The van der Waals surface area contributed by atoms with Crippen LogP contribution in [0.25, 0.3) is 10.7 Å². The average molecular weight is 229 g/mol. The molecule has 0 saturated heterocycles. The van der Waals surface area contributed by atoms with E-state index in [2.05, 4.69) is 20.4 Å². The maximum Gasteiger partial charge on any atom is 0.168 e. The minimum atomic E-state index is -0.112. The molecule has 0 aliphatic heterocycles.